The second-order valence-corrected chi connectivity index (χ2v) is 12.9. The van der Waals surface area contributed by atoms with Gasteiger partial charge >= 0.3 is 0 Å². The molecule has 5 nitrogen and oxygen atoms in total. The van der Waals surface area contributed by atoms with Crippen LogP contribution < -0.4 is 4.90 Å². The number of hydrogen-bond acceptors (Lipinski definition) is 4. The maximum Gasteiger partial charge on any atom is 0.232 e. The van der Waals surface area contributed by atoms with Gasteiger partial charge in [-0.3, -0.25) is 4.79 Å². The predicted molar refractivity (Wildman–Crippen MR) is 151 cm³/mol. The molecule has 3 aromatic carbocycles. The van der Waals surface area contributed by atoms with E-state index in [2.05, 4.69) is 0 Å². The third-order valence-electron chi connectivity index (χ3n) is 6.07. The highest BCUT2D eigenvalue weighted by molar-refractivity contribution is 7.91. The van der Waals surface area contributed by atoms with Gasteiger partial charge in [-0.05, 0) is 78.9 Å². The van der Waals surface area contributed by atoms with Crippen molar-refractivity contribution in [3.63, 3.8) is 0 Å². The van der Waals surface area contributed by atoms with E-state index in [1.807, 2.05) is 0 Å². The fraction of sp³-hybridized carbons (Fsp3) is 0.367. The molecule has 3 aromatic rings. The van der Waals surface area contributed by atoms with Gasteiger partial charge in [-0.1, -0.05) is 50.6 Å². The molecule has 0 bridgehead atoms. The molecule has 39 heavy (non-hydrogen) atoms. The van der Waals surface area contributed by atoms with Crippen LogP contribution >= 0.6 is 11.6 Å². The van der Waals surface area contributed by atoms with Crippen LogP contribution in [0.25, 0.3) is 0 Å². The van der Waals surface area contributed by atoms with Gasteiger partial charge in [0.05, 0.1) is 22.9 Å². The zero-order valence-electron chi connectivity index (χ0n) is 22.4. The van der Waals surface area contributed by atoms with E-state index in [-0.39, 0.29) is 34.6 Å². The Balaban J connectivity index is 1.52. The van der Waals surface area contributed by atoms with Crippen molar-refractivity contribution in [3.8, 4) is 0 Å². The molecule has 3 rings (SSSR count). The summed E-state index contributed by atoms with van der Waals surface area (Å²) in [4.78, 5) is 14.8. The Kier molecular flexibility index (Phi) is 10.6. The van der Waals surface area contributed by atoms with Gasteiger partial charge in [-0.25, -0.2) is 17.2 Å². The van der Waals surface area contributed by atoms with Gasteiger partial charge in [-0.2, -0.15) is 0 Å². The number of ether oxygens (including phenoxy) is 1. The van der Waals surface area contributed by atoms with Crippen molar-refractivity contribution < 1.29 is 26.7 Å². The summed E-state index contributed by atoms with van der Waals surface area (Å²) in [6.45, 7) is 6.14. The van der Waals surface area contributed by atoms with Gasteiger partial charge in [0.1, 0.15) is 11.6 Å². The molecular formula is C30H34ClF2NO4S. The third-order valence-corrected chi connectivity index (χ3v) is 8.14. The Labute approximate surface area is 234 Å². The van der Waals surface area contributed by atoms with Gasteiger partial charge in [-0.15, -0.1) is 0 Å². The quantitative estimate of drug-likeness (QED) is 0.217. The molecule has 0 saturated carbocycles. The van der Waals surface area contributed by atoms with Crippen molar-refractivity contribution in [2.24, 2.45) is 5.41 Å². The molecule has 210 valence electrons. The van der Waals surface area contributed by atoms with E-state index in [9.17, 15) is 17.6 Å². The molecular weight excluding hydrogens is 544 g/mol. The fourth-order valence-corrected chi connectivity index (χ4v) is 5.37. The molecule has 0 fully saturated rings. The highest BCUT2D eigenvalue weighted by Gasteiger charge is 2.30. The van der Waals surface area contributed by atoms with Crippen LogP contribution in [0.5, 0.6) is 0 Å². The van der Waals surface area contributed by atoms with Crippen molar-refractivity contribution in [2.75, 3.05) is 23.9 Å². The first-order valence-electron chi connectivity index (χ1n) is 12.8. The van der Waals surface area contributed by atoms with Crippen molar-refractivity contribution in [2.45, 2.75) is 51.5 Å². The molecule has 0 heterocycles. The summed E-state index contributed by atoms with van der Waals surface area (Å²) in [5.74, 6) is -1.16. The largest absolute Gasteiger partial charge is 0.381 e. The van der Waals surface area contributed by atoms with E-state index in [0.29, 0.717) is 43.1 Å². The summed E-state index contributed by atoms with van der Waals surface area (Å²) < 4.78 is 58.9. The lowest BCUT2D eigenvalue weighted by atomic mass is 9.94. The number of carbonyl (C=O) groups is 1. The Morgan fingerprint density at radius 3 is 2.13 bits per heavy atom. The summed E-state index contributed by atoms with van der Waals surface area (Å²) in [6.07, 6.45) is 1.55. The molecule has 0 N–H and O–H groups in total. The Morgan fingerprint density at radius 2 is 1.51 bits per heavy atom. The van der Waals surface area contributed by atoms with E-state index >= 15 is 4.39 Å². The van der Waals surface area contributed by atoms with Crippen LogP contribution in [0, 0.1) is 17.0 Å². The standard InChI is InChI=1S/C30H34ClF2NO4S/c1-30(2,3)29(35)34(21-23-7-12-25(32)13-8-23)28-16-9-22(20-27(28)33)6-4-17-38-18-5-19-39(36,37)26-14-10-24(31)11-15-26/h7-16,20H,4-6,17-19,21H2,1-3H3. The normalized spacial score (nSPS) is 11.9. The van der Waals surface area contributed by atoms with Crippen LogP contribution in [0.4, 0.5) is 14.5 Å². The molecule has 1 amide bonds. The second-order valence-electron chi connectivity index (χ2n) is 10.4. The van der Waals surface area contributed by atoms with E-state index in [1.165, 1.54) is 35.2 Å². The molecule has 0 spiro atoms. The van der Waals surface area contributed by atoms with Crippen LogP contribution in [-0.2, 0) is 32.3 Å². The number of amides is 1. The molecule has 0 aliphatic carbocycles. The minimum atomic E-state index is -3.39. The van der Waals surface area contributed by atoms with Crippen LogP contribution in [0.15, 0.2) is 71.6 Å². The van der Waals surface area contributed by atoms with Gasteiger partial charge in [0.15, 0.2) is 9.84 Å². The molecule has 0 unspecified atom stereocenters. The molecule has 0 aliphatic rings. The number of aryl methyl sites for hydroxylation is 1. The molecule has 0 saturated heterocycles. The monoisotopic (exact) mass is 577 g/mol. The average molecular weight is 578 g/mol. The number of sulfone groups is 1. The molecule has 0 aliphatic heterocycles. The third kappa shape index (κ3) is 9.12. The number of carbonyl (C=O) groups excluding carboxylic acids is 1. The number of nitrogens with zero attached hydrogens (tertiary/aromatic N) is 1. The highest BCUT2D eigenvalue weighted by Crippen LogP contribution is 2.28. The van der Waals surface area contributed by atoms with E-state index < -0.39 is 21.1 Å². The zero-order chi connectivity index (χ0) is 28.6. The first-order chi connectivity index (χ1) is 18.4. The summed E-state index contributed by atoms with van der Waals surface area (Å²) in [6, 6.07) is 16.7. The van der Waals surface area contributed by atoms with Crippen molar-refractivity contribution in [3.05, 3.63) is 94.5 Å². The summed E-state index contributed by atoms with van der Waals surface area (Å²) in [5.41, 5.74) is 0.878. The van der Waals surface area contributed by atoms with Gasteiger partial charge in [0.25, 0.3) is 0 Å². The predicted octanol–water partition coefficient (Wildman–Crippen LogP) is 7.01. The lowest BCUT2D eigenvalue weighted by Gasteiger charge is -2.30. The van der Waals surface area contributed by atoms with E-state index in [1.54, 1.807) is 57.2 Å². The maximum atomic E-state index is 15.2. The van der Waals surface area contributed by atoms with Crippen LogP contribution in [0.1, 0.15) is 44.7 Å². The number of rotatable bonds is 12. The SMILES string of the molecule is CC(C)(C)C(=O)N(Cc1ccc(F)cc1)c1ccc(CCCOCCCS(=O)(=O)c2ccc(Cl)cc2)cc1F. The maximum absolute atomic E-state index is 15.2. The number of halogens is 3. The number of hydrogen-bond donors (Lipinski definition) is 0. The van der Waals surface area contributed by atoms with Crippen LogP contribution in [0.3, 0.4) is 0 Å². The Hall–Kier alpha value is -2.81. The lowest BCUT2D eigenvalue weighted by molar-refractivity contribution is -0.126. The zero-order valence-corrected chi connectivity index (χ0v) is 24.0. The summed E-state index contributed by atoms with van der Waals surface area (Å²) in [5, 5.41) is 0.479. The Morgan fingerprint density at radius 1 is 0.897 bits per heavy atom. The van der Waals surface area contributed by atoms with Gasteiger partial charge in [0, 0.05) is 23.7 Å². The average Bonchev–Trinajstić information content (AvgIpc) is 2.87. The lowest BCUT2D eigenvalue weighted by Crippen LogP contribution is -2.39. The minimum Gasteiger partial charge on any atom is -0.381 e. The smallest absolute Gasteiger partial charge is 0.232 e. The topological polar surface area (TPSA) is 63.7 Å². The van der Waals surface area contributed by atoms with E-state index in [0.717, 1.165) is 5.56 Å². The van der Waals surface area contributed by atoms with Crippen molar-refractivity contribution in [1.82, 2.24) is 0 Å². The number of benzene rings is 3. The first-order valence-corrected chi connectivity index (χ1v) is 14.8. The summed E-state index contributed by atoms with van der Waals surface area (Å²) >= 11 is 5.81. The van der Waals surface area contributed by atoms with Gasteiger partial charge in [0.2, 0.25) is 5.91 Å². The highest BCUT2D eigenvalue weighted by atomic mass is 35.5. The fourth-order valence-electron chi connectivity index (χ4n) is 3.96. The number of anilines is 1. The molecule has 0 aromatic heterocycles. The second kappa shape index (κ2) is 13.5. The van der Waals surface area contributed by atoms with Crippen molar-refractivity contribution in [1.29, 1.82) is 0 Å². The minimum absolute atomic E-state index is 0.0248. The van der Waals surface area contributed by atoms with Gasteiger partial charge < -0.3 is 9.64 Å². The molecule has 9 heteroatoms. The first kappa shape index (κ1) is 30.7. The van der Waals surface area contributed by atoms with E-state index in [4.69, 9.17) is 16.3 Å². The van der Waals surface area contributed by atoms with Crippen molar-refractivity contribution >= 4 is 33.0 Å². The molecule has 0 atom stereocenters. The van der Waals surface area contributed by atoms with Crippen LogP contribution in [0.2, 0.25) is 5.02 Å². The Bertz CT molecular complexity index is 1360. The molecule has 0 radical (unpaired) electrons. The summed E-state index contributed by atoms with van der Waals surface area (Å²) in [7, 11) is -3.39. The van der Waals surface area contributed by atoms with Crippen LogP contribution in [-0.4, -0.2) is 33.3 Å².